The number of pyridine rings is 1. The molecule has 0 atom stereocenters. The molecular weight excluding hydrogens is 420 g/mol. The van der Waals surface area contributed by atoms with Crippen molar-refractivity contribution >= 4 is 51.5 Å². The second kappa shape index (κ2) is 8.16. The Labute approximate surface area is 183 Å². The summed E-state index contributed by atoms with van der Waals surface area (Å²) in [6.07, 6.45) is 0. The van der Waals surface area contributed by atoms with Gasteiger partial charge in [-0.1, -0.05) is 35.0 Å². The van der Waals surface area contributed by atoms with Crippen LogP contribution in [-0.2, 0) is 4.79 Å². The van der Waals surface area contributed by atoms with Gasteiger partial charge < -0.3 is 10.1 Å². The highest BCUT2D eigenvalue weighted by molar-refractivity contribution is 7.99. The highest BCUT2D eigenvalue weighted by Gasteiger charge is 2.15. The van der Waals surface area contributed by atoms with E-state index in [1.807, 2.05) is 10.5 Å². The average molecular weight is 441 g/mol. The number of thioether (sulfide) groups is 1. The number of nitrogens with one attached hydrogen (secondary N) is 1. The molecule has 1 N–H and O–H groups in total. The number of anilines is 1. The van der Waals surface area contributed by atoms with Crippen molar-refractivity contribution in [2.24, 2.45) is 0 Å². The quantitative estimate of drug-likeness (QED) is 0.432. The number of ether oxygens (including phenoxy) is 1. The van der Waals surface area contributed by atoms with Crippen LogP contribution < -0.4 is 10.1 Å². The average Bonchev–Trinajstić information content (AvgIpc) is 3.09. The zero-order valence-electron chi connectivity index (χ0n) is 17.1. The Balaban J connectivity index is 1.59. The molecule has 2 heterocycles. The maximum atomic E-state index is 12.5. The van der Waals surface area contributed by atoms with Gasteiger partial charge in [-0.3, -0.25) is 9.20 Å². The lowest BCUT2D eigenvalue weighted by Gasteiger charge is -2.11. The second-order valence-electron chi connectivity index (χ2n) is 7.17. The molecule has 0 saturated heterocycles. The predicted octanol–water partition coefficient (Wildman–Crippen LogP) is 5.20. The minimum absolute atomic E-state index is 0.151. The van der Waals surface area contributed by atoms with Crippen molar-refractivity contribution in [1.29, 1.82) is 0 Å². The van der Waals surface area contributed by atoms with Crippen LogP contribution in [0.5, 0.6) is 5.75 Å². The predicted molar refractivity (Wildman–Crippen MR) is 122 cm³/mol. The lowest BCUT2D eigenvalue weighted by atomic mass is 10.0. The van der Waals surface area contributed by atoms with Crippen LogP contribution in [0, 0.1) is 20.8 Å². The molecule has 0 spiro atoms. The van der Waals surface area contributed by atoms with E-state index in [1.165, 1.54) is 22.7 Å². The molecule has 1 amide bonds. The minimum atomic E-state index is -0.151. The number of benzene rings is 2. The molecule has 0 saturated carbocycles. The van der Waals surface area contributed by atoms with Gasteiger partial charge in [0.1, 0.15) is 5.75 Å². The molecule has 6 nitrogen and oxygen atoms in total. The number of halogens is 1. The number of amides is 1. The summed E-state index contributed by atoms with van der Waals surface area (Å²) in [6.45, 7) is 6.26. The number of rotatable bonds is 5. The summed E-state index contributed by atoms with van der Waals surface area (Å²) < 4.78 is 7.16. The van der Waals surface area contributed by atoms with E-state index in [2.05, 4.69) is 48.4 Å². The number of fused-ring (bicyclic) bond motifs is 3. The first-order valence-electron chi connectivity index (χ1n) is 9.39. The minimum Gasteiger partial charge on any atom is -0.495 e. The van der Waals surface area contributed by atoms with E-state index >= 15 is 0 Å². The zero-order valence-corrected chi connectivity index (χ0v) is 18.7. The van der Waals surface area contributed by atoms with Crippen molar-refractivity contribution in [3.63, 3.8) is 0 Å². The summed E-state index contributed by atoms with van der Waals surface area (Å²) in [5.41, 5.74) is 5.98. The topological polar surface area (TPSA) is 68.5 Å². The Hall–Kier alpha value is -2.77. The van der Waals surface area contributed by atoms with E-state index in [0.717, 1.165) is 22.3 Å². The van der Waals surface area contributed by atoms with Gasteiger partial charge in [-0.15, -0.1) is 10.2 Å². The highest BCUT2D eigenvalue weighted by Crippen LogP contribution is 2.30. The van der Waals surface area contributed by atoms with Crippen LogP contribution in [-0.4, -0.2) is 33.4 Å². The standard InChI is InChI=1S/C22H21ClN4O2S/c1-12-7-14(3)21-16(8-12)13(2)9-19-25-26-22(27(19)21)30-11-20(28)24-15-5-6-18(29-4)17(23)10-15/h5-10H,11H2,1-4H3,(H,24,28). The Morgan fingerprint density at radius 2 is 1.93 bits per heavy atom. The molecule has 2 aromatic carbocycles. The number of hydrogen-bond donors (Lipinski definition) is 1. The summed E-state index contributed by atoms with van der Waals surface area (Å²) in [6, 6.07) is 11.5. The van der Waals surface area contributed by atoms with E-state index < -0.39 is 0 Å². The van der Waals surface area contributed by atoms with Crippen molar-refractivity contribution in [3.05, 3.63) is 58.1 Å². The van der Waals surface area contributed by atoms with Crippen LogP contribution >= 0.6 is 23.4 Å². The normalized spacial score (nSPS) is 11.2. The Morgan fingerprint density at radius 3 is 2.67 bits per heavy atom. The number of carbonyl (C=O) groups is 1. The van der Waals surface area contributed by atoms with Crippen LogP contribution in [0.3, 0.4) is 0 Å². The molecule has 0 aliphatic heterocycles. The molecular formula is C22H21ClN4O2S. The lowest BCUT2D eigenvalue weighted by Crippen LogP contribution is -2.14. The molecule has 0 aliphatic rings. The van der Waals surface area contributed by atoms with Crippen LogP contribution in [0.2, 0.25) is 5.02 Å². The number of aryl methyl sites for hydroxylation is 3. The van der Waals surface area contributed by atoms with Gasteiger partial charge in [-0.2, -0.15) is 0 Å². The molecule has 2 aromatic heterocycles. The van der Waals surface area contributed by atoms with Crippen LogP contribution in [0.1, 0.15) is 16.7 Å². The lowest BCUT2D eigenvalue weighted by molar-refractivity contribution is -0.113. The van der Waals surface area contributed by atoms with Crippen LogP contribution in [0.4, 0.5) is 5.69 Å². The molecule has 4 rings (SSSR count). The molecule has 0 unspecified atom stereocenters. The molecule has 0 fully saturated rings. The van der Waals surface area contributed by atoms with Crippen molar-refractivity contribution < 1.29 is 9.53 Å². The fraction of sp³-hybridized carbons (Fsp3) is 0.227. The van der Waals surface area contributed by atoms with E-state index in [4.69, 9.17) is 16.3 Å². The summed E-state index contributed by atoms with van der Waals surface area (Å²) in [5, 5.41) is 13.8. The summed E-state index contributed by atoms with van der Waals surface area (Å²) in [5.74, 6) is 0.610. The monoisotopic (exact) mass is 440 g/mol. The fourth-order valence-electron chi connectivity index (χ4n) is 3.58. The third-order valence-corrected chi connectivity index (χ3v) is 6.09. The zero-order chi connectivity index (χ0) is 21.4. The number of carbonyl (C=O) groups excluding carboxylic acids is 1. The second-order valence-corrected chi connectivity index (χ2v) is 8.52. The molecule has 8 heteroatoms. The molecule has 30 heavy (non-hydrogen) atoms. The van der Waals surface area contributed by atoms with Gasteiger partial charge in [-0.25, -0.2) is 0 Å². The maximum Gasteiger partial charge on any atom is 0.234 e. The third-order valence-electron chi connectivity index (χ3n) is 4.87. The molecule has 154 valence electrons. The number of aromatic nitrogens is 3. The Morgan fingerprint density at radius 1 is 1.13 bits per heavy atom. The SMILES string of the molecule is COc1ccc(NC(=O)CSc2nnc3cc(C)c4cc(C)cc(C)c4n23)cc1Cl. The smallest absolute Gasteiger partial charge is 0.234 e. The number of methoxy groups -OCH3 is 1. The van der Waals surface area contributed by atoms with Gasteiger partial charge in [0.05, 0.1) is 23.4 Å². The molecule has 4 aromatic rings. The Bertz CT molecular complexity index is 1290. The number of hydrogen-bond acceptors (Lipinski definition) is 5. The number of nitrogens with zero attached hydrogens (tertiary/aromatic N) is 3. The van der Waals surface area contributed by atoms with E-state index in [9.17, 15) is 4.79 Å². The first-order valence-corrected chi connectivity index (χ1v) is 10.8. The van der Waals surface area contributed by atoms with Gasteiger partial charge in [0.2, 0.25) is 5.91 Å². The molecule has 0 radical (unpaired) electrons. The summed E-state index contributed by atoms with van der Waals surface area (Å²) in [7, 11) is 1.55. The van der Waals surface area contributed by atoms with Crippen molar-refractivity contribution in [1.82, 2.24) is 14.6 Å². The highest BCUT2D eigenvalue weighted by atomic mass is 35.5. The molecule has 0 aliphatic carbocycles. The first-order chi connectivity index (χ1) is 14.4. The Kier molecular flexibility index (Phi) is 5.58. The van der Waals surface area contributed by atoms with Crippen molar-refractivity contribution in [2.45, 2.75) is 25.9 Å². The summed E-state index contributed by atoms with van der Waals surface area (Å²) in [4.78, 5) is 12.5. The van der Waals surface area contributed by atoms with Crippen LogP contribution in [0.25, 0.3) is 16.6 Å². The molecule has 0 bridgehead atoms. The fourth-order valence-corrected chi connectivity index (χ4v) is 4.58. The summed E-state index contributed by atoms with van der Waals surface area (Å²) >= 11 is 7.48. The largest absolute Gasteiger partial charge is 0.495 e. The van der Waals surface area contributed by atoms with Gasteiger partial charge >= 0.3 is 0 Å². The first kappa shape index (κ1) is 20.5. The van der Waals surface area contributed by atoms with Gasteiger partial charge in [0.15, 0.2) is 10.8 Å². The van der Waals surface area contributed by atoms with Crippen molar-refractivity contribution in [3.8, 4) is 5.75 Å². The van der Waals surface area contributed by atoms with Gasteiger partial charge in [-0.05, 0) is 62.2 Å². The van der Waals surface area contributed by atoms with Gasteiger partial charge in [0, 0.05) is 11.1 Å². The van der Waals surface area contributed by atoms with Crippen molar-refractivity contribution in [2.75, 3.05) is 18.2 Å². The van der Waals surface area contributed by atoms with E-state index in [0.29, 0.717) is 21.6 Å². The maximum absolute atomic E-state index is 12.5. The van der Waals surface area contributed by atoms with E-state index in [1.54, 1.807) is 25.3 Å². The van der Waals surface area contributed by atoms with E-state index in [-0.39, 0.29) is 11.7 Å². The third kappa shape index (κ3) is 3.82. The van der Waals surface area contributed by atoms with Crippen LogP contribution in [0.15, 0.2) is 41.6 Å². The van der Waals surface area contributed by atoms with Gasteiger partial charge in [0.25, 0.3) is 0 Å².